The first-order valence-corrected chi connectivity index (χ1v) is 7.97. The van der Waals surface area contributed by atoms with Crippen molar-refractivity contribution in [1.29, 1.82) is 0 Å². The number of rotatable bonds is 2. The highest BCUT2D eigenvalue weighted by Crippen LogP contribution is 2.31. The Labute approximate surface area is 115 Å². The lowest BCUT2D eigenvalue weighted by molar-refractivity contribution is 0.317. The summed E-state index contributed by atoms with van der Waals surface area (Å²) >= 11 is 0. The molecular weight excluding hydrogens is 238 g/mol. The lowest BCUT2D eigenvalue weighted by Gasteiger charge is -2.19. The molecule has 0 amide bonds. The maximum Gasteiger partial charge on any atom is 0.229 e. The summed E-state index contributed by atoms with van der Waals surface area (Å²) in [6.07, 6.45) is 11.6. The van der Waals surface area contributed by atoms with Gasteiger partial charge in [-0.15, -0.1) is 0 Å². The molecule has 1 unspecified atom stereocenters. The lowest BCUT2D eigenvalue weighted by atomic mass is 9.91. The molecule has 1 aromatic rings. The molecule has 3 rings (SSSR count). The van der Waals surface area contributed by atoms with Crippen molar-refractivity contribution >= 4 is 0 Å². The maximum absolute atomic E-state index is 5.56. The van der Waals surface area contributed by atoms with Crippen molar-refractivity contribution in [2.75, 3.05) is 13.1 Å². The fourth-order valence-electron chi connectivity index (χ4n) is 3.35. The summed E-state index contributed by atoms with van der Waals surface area (Å²) < 4.78 is 5.56. The Balaban J connectivity index is 1.65. The molecule has 4 heteroatoms. The summed E-state index contributed by atoms with van der Waals surface area (Å²) in [6, 6.07) is 0. The highest BCUT2D eigenvalue weighted by Gasteiger charge is 2.24. The number of nitrogens with zero attached hydrogens (tertiary/aromatic N) is 2. The highest BCUT2D eigenvalue weighted by atomic mass is 16.5. The molecule has 2 aliphatic rings. The minimum atomic E-state index is 0.458. The first kappa shape index (κ1) is 13.1. The molecule has 0 aromatic carbocycles. The zero-order valence-electron chi connectivity index (χ0n) is 11.7. The van der Waals surface area contributed by atoms with E-state index < -0.39 is 0 Å². The smallest absolute Gasteiger partial charge is 0.229 e. The van der Waals surface area contributed by atoms with Crippen LogP contribution in [0, 0.1) is 0 Å². The van der Waals surface area contributed by atoms with Crippen LogP contribution < -0.4 is 5.32 Å². The van der Waals surface area contributed by atoms with Gasteiger partial charge in [-0.25, -0.2) is 0 Å². The van der Waals surface area contributed by atoms with Gasteiger partial charge in [0.15, 0.2) is 5.82 Å². The molecule has 1 saturated carbocycles. The van der Waals surface area contributed by atoms with E-state index in [9.17, 15) is 0 Å². The Hall–Kier alpha value is -0.900. The Morgan fingerprint density at radius 2 is 1.63 bits per heavy atom. The molecule has 2 heterocycles. The van der Waals surface area contributed by atoms with Crippen LogP contribution in [0.2, 0.25) is 0 Å². The van der Waals surface area contributed by atoms with Crippen LogP contribution >= 0.6 is 0 Å². The molecule has 2 fully saturated rings. The van der Waals surface area contributed by atoms with Crippen LogP contribution in [0.4, 0.5) is 0 Å². The SMILES string of the molecule is C1CCCC(c2nc(C3CCCNC3)no2)CCC1. The third kappa shape index (κ3) is 3.35. The van der Waals surface area contributed by atoms with Crippen LogP contribution in [0.15, 0.2) is 4.52 Å². The van der Waals surface area contributed by atoms with Gasteiger partial charge in [-0.3, -0.25) is 0 Å². The first-order chi connectivity index (χ1) is 9.43. The van der Waals surface area contributed by atoms with Crippen molar-refractivity contribution in [3.63, 3.8) is 0 Å². The number of aromatic nitrogens is 2. The quantitative estimate of drug-likeness (QED) is 0.889. The van der Waals surface area contributed by atoms with Crippen LogP contribution in [0.25, 0.3) is 0 Å². The van der Waals surface area contributed by atoms with Gasteiger partial charge in [0.25, 0.3) is 0 Å². The molecule has 1 N–H and O–H groups in total. The molecule has 1 saturated heterocycles. The van der Waals surface area contributed by atoms with Gasteiger partial charge >= 0.3 is 0 Å². The third-order valence-electron chi connectivity index (χ3n) is 4.57. The normalized spacial score (nSPS) is 26.8. The van der Waals surface area contributed by atoms with Crippen molar-refractivity contribution in [1.82, 2.24) is 15.5 Å². The van der Waals surface area contributed by atoms with E-state index in [4.69, 9.17) is 9.51 Å². The van der Waals surface area contributed by atoms with Crippen LogP contribution in [0.3, 0.4) is 0 Å². The first-order valence-electron chi connectivity index (χ1n) is 7.97. The van der Waals surface area contributed by atoms with Crippen molar-refractivity contribution in [2.45, 2.75) is 69.6 Å². The van der Waals surface area contributed by atoms with Gasteiger partial charge in [0.2, 0.25) is 5.89 Å². The van der Waals surface area contributed by atoms with Crippen molar-refractivity contribution in [2.24, 2.45) is 0 Å². The molecule has 1 aliphatic carbocycles. The van der Waals surface area contributed by atoms with Crippen LogP contribution in [-0.2, 0) is 0 Å². The van der Waals surface area contributed by atoms with Gasteiger partial charge in [-0.1, -0.05) is 37.3 Å². The summed E-state index contributed by atoms with van der Waals surface area (Å²) in [4.78, 5) is 4.71. The van der Waals surface area contributed by atoms with Crippen LogP contribution in [0.5, 0.6) is 0 Å². The highest BCUT2D eigenvalue weighted by molar-refractivity contribution is 5.01. The number of piperidine rings is 1. The standard InChI is InChI=1S/C15H25N3O/c1-2-4-7-12(8-5-3-1)15-17-14(18-19-15)13-9-6-10-16-11-13/h12-13,16H,1-11H2. The Morgan fingerprint density at radius 1 is 0.895 bits per heavy atom. The molecule has 19 heavy (non-hydrogen) atoms. The second kappa shape index (κ2) is 6.51. The molecule has 106 valence electrons. The van der Waals surface area contributed by atoms with Crippen molar-refractivity contribution in [3.8, 4) is 0 Å². The van der Waals surface area contributed by atoms with Gasteiger partial charge < -0.3 is 9.84 Å². The maximum atomic E-state index is 5.56. The molecule has 1 atom stereocenters. The van der Waals surface area contributed by atoms with Gasteiger partial charge in [0.1, 0.15) is 0 Å². The molecule has 1 aromatic heterocycles. The molecule has 4 nitrogen and oxygen atoms in total. The van der Waals surface area contributed by atoms with E-state index >= 15 is 0 Å². The molecule has 0 spiro atoms. The number of nitrogens with one attached hydrogen (secondary N) is 1. The Morgan fingerprint density at radius 3 is 2.37 bits per heavy atom. The van der Waals surface area contributed by atoms with Gasteiger partial charge in [0, 0.05) is 18.4 Å². The van der Waals surface area contributed by atoms with Gasteiger partial charge in [0.05, 0.1) is 0 Å². The zero-order valence-corrected chi connectivity index (χ0v) is 11.7. The average Bonchev–Trinajstić information content (AvgIpc) is 2.89. The van der Waals surface area contributed by atoms with E-state index in [1.165, 1.54) is 57.8 Å². The van der Waals surface area contributed by atoms with E-state index in [2.05, 4.69) is 10.5 Å². The lowest BCUT2D eigenvalue weighted by Crippen LogP contribution is -2.28. The van der Waals surface area contributed by atoms with Crippen molar-refractivity contribution in [3.05, 3.63) is 11.7 Å². The monoisotopic (exact) mass is 263 g/mol. The minimum absolute atomic E-state index is 0.458. The van der Waals surface area contributed by atoms with E-state index in [1.54, 1.807) is 0 Å². The third-order valence-corrected chi connectivity index (χ3v) is 4.57. The van der Waals surface area contributed by atoms with Gasteiger partial charge in [-0.2, -0.15) is 4.98 Å². The second-order valence-electron chi connectivity index (χ2n) is 6.08. The predicted octanol–water partition coefficient (Wildman–Crippen LogP) is 3.36. The second-order valence-corrected chi connectivity index (χ2v) is 6.08. The van der Waals surface area contributed by atoms with Crippen LogP contribution in [0.1, 0.15) is 81.3 Å². The molecule has 1 aliphatic heterocycles. The van der Waals surface area contributed by atoms with Gasteiger partial charge in [-0.05, 0) is 32.2 Å². The fraction of sp³-hybridized carbons (Fsp3) is 0.867. The topological polar surface area (TPSA) is 51.0 Å². The van der Waals surface area contributed by atoms with Crippen molar-refractivity contribution < 1.29 is 4.52 Å². The predicted molar refractivity (Wildman–Crippen MR) is 74.2 cm³/mol. The minimum Gasteiger partial charge on any atom is -0.339 e. The average molecular weight is 263 g/mol. The van der Waals surface area contributed by atoms with Crippen LogP contribution in [-0.4, -0.2) is 23.2 Å². The van der Waals surface area contributed by atoms with E-state index in [0.29, 0.717) is 11.8 Å². The fourth-order valence-corrected chi connectivity index (χ4v) is 3.35. The molecular formula is C15H25N3O. The van der Waals surface area contributed by atoms with E-state index in [1.807, 2.05) is 0 Å². The summed E-state index contributed by atoms with van der Waals surface area (Å²) in [5.74, 6) is 2.81. The largest absolute Gasteiger partial charge is 0.339 e. The summed E-state index contributed by atoms with van der Waals surface area (Å²) in [5.41, 5.74) is 0. The van der Waals surface area contributed by atoms with E-state index in [-0.39, 0.29) is 0 Å². The Bertz CT molecular complexity index is 376. The summed E-state index contributed by atoms with van der Waals surface area (Å²) in [5, 5.41) is 7.66. The molecule has 0 radical (unpaired) electrons. The number of hydrogen-bond acceptors (Lipinski definition) is 4. The molecule has 0 bridgehead atoms. The summed E-state index contributed by atoms with van der Waals surface area (Å²) in [6.45, 7) is 2.13. The Kier molecular flexibility index (Phi) is 4.49. The number of hydrogen-bond donors (Lipinski definition) is 1. The zero-order chi connectivity index (χ0) is 12.9. The summed E-state index contributed by atoms with van der Waals surface area (Å²) in [7, 11) is 0. The van der Waals surface area contributed by atoms with E-state index in [0.717, 1.165) is 24.8 Å².